The van der Waals surface area contributed by atoms with Crippen molar-refractivity contribution in [3.05, 3.63) is 72.3 Å². The van der Waals surface area contributed by atoms with Gasteiger partial charge < -0.3 is 53.7 Å². The van der Waals surface area contributed by atoms with Gasteiger partial charge in [-0.15, -0.1) is 6.58 Å². The predicted molar refractivity (Wildman–Crippen MR) is 225 cm³/mol. The first kappa shape index (κ1) is 52.1. The Morgan fingerprint density at radius 3 is 1.89 bits per heavy atom. The van der Waals surface area contributed by atoms with Gasteiger partial charge >= 0.3 is 35.8 Å². The van der Waals surface area contributed by atoms with E-state index in [2.05, 4.69) is 6.58 Å². The van der Waals surface area contributed by atoms with Crippen LogP contribution in [0.5, 0.6) is 11.5 Å². The molecule has 3 rings (SSSR count). The van der Waals surface area contributed by atoms with E-state index in [0.29, 0.717) is 13.0 Å². The number of ether oxygens (including phenoxy) is 6. The number of nitrogens with zero attached hydrogens (tertiary/aromatic N) is 2. The average Bonchev–Trinajstić information content (AvgIpc) is 3.23. The summed E-state index contributed by atoms with van der Waals surface area (Å²) in [4.78, 5) is 80.4. The van der Waals surface area contributed by atoms with Crippen LogP contribution in [0.3, 0.4) is 0 Å². The van der Waals surface area contributed by atoms with Crippen LogP contribution in [-0.4, -0.2) is 155 Å². The van der Waals surface area contributed by atoms with E-state index in [1.54, 1.807) is 50.1 Å². The Labute approximate surface area is 367 Å². The maximum Gasteiger partial charge on any atom is 0.341 e. The number of rotatable bonds is 15. The highest BCUT2D eigenvalue weighted by atomic mass is 16.6. The van der Waals surface area contributed by atoms with Crippen molar-refractivity contribution in [1.29, 1.82) is 0 Å². The number of carbonyl (C=O) groups is 6. The van der Waals surface area contributed by atoms with Crippen LogP contribution in [0.4, 0.5) is 0 Å². The third-order valence-electron chi connectivity index (χ3n) is 11.0. The number of aliphatic hydroxyl groups is 4. The van der Waals surface area contributed by atoms with Crippen molar-refractivity contribution < 1.29 is 77.6 Å². The average molecular weight is 887 g/mol. The van der Waals surface area contributed by atoms with Gasteiger partial charge in [0.05, 0.1) is 24.7 Å². The molecule has 63 heavy (non-hydrogen) atoms. The van der Waals surface area contributed by atoms with Gasteiger partial charge in [0.25, 0.3) is 0 Å². The highest BCUT2D eigenvalue weighted by Gasteiger charge is 2.46. The van der Waals surface area contributed by atoms with Crippen LogP contribution in [0.15, 0.2) is 61.2 Å². The Morgan fingerprint density at radius 2 is 1.41 bits per heavy atom. The van der Waals surface area contributed by atoms with Gasteiger partial charge in [0, 0.05) is 38.9 Å². The standard InChI is InChI=1S/C45H62N2O16/c1-9-31-39(52)34(50)18-15-21-46(8)28(4)41(53)45(7,57)37(10-2)62-42(54)27(3)40(31)63-38(51)26-47(22-24-58-43(55)32-16-11-13-19-35(32)60-29(5)48)23-25-59-44(56)33-17-12-14-20-36(33)61-30(6)49/h9,11-14,16-17,19-20,27-28,31,34,37,39-41,50,52-53,57H,1,10,15,18,21-26H2,2-8H3/t27-,28-,31-,34-,37-,39-,40-,41-,45-/m1/s1. The summed E-state index contributed by atoms with van der Waals surface area (Å²) in [5, 5.41) is 45.4. The van der Waals surface area contributed by atoms with Crippen LogP contribution in [0, 0.1) is 11.8 Å². The summed E-state index contributed by atoms with van der Waals surface area (Å²) >= 11 is 0. The zero-order valence-corrected chi connectivity index (χ0v) is 37.0. The van der Waals surface area contributed by atoms with E-state index in [0.717, 1.165) is 0 Å². The van der Waals surface area contributed by atoms with Gasteiger partial charge in [0.15, 0.2) is 0 Å². The van der Waals surface area contributed by atoms with E-state index in [-0.39, 0.29) is 61.8 Å². The number of hydrogen-bond donors (Lipinski definition) is 4. The molecule has 9 atom stereocenters. The molecule has 1 aliphatic heterocycles. The fraction of sp³-hybridized carbons (Fsp3) is 0.556. The summed E-state index contributed by atoms with van der Waals surface area (Å²) in [6, 6.07) is 11.2. The van der Waals surface area contributed by atoms with Crippen LogP contribution in [0.25, 0.3) is 0 Å². The van der Waals surface area contributed by atoms with Gasteiger partial charge in [-0.25, -0.2) is 9.59 Å². The van der Waals surface area contributed by atoms with Gasteiger partial charge in [-0.2, -0.15) is 0 Å². The van der Waals surface area contributed by atoms with Crippen molar-refractivity contribution in [3.8, 4) is 11.5 Å². The molecule has 0 aliphatic carbocycles. The second-order valence-corrected chi connectivity index (χ2v) is 15.7. The maximum atomic E-state index is 13.9. The molecule has 1 heterocycles. The number of hydrogen-bond acceptors (Lipinski definition) is 18. The molecule has 0 spiro atoms. The predicted octanol–water partition coefficient (Wildman–Crippen LogP) is 2.47. The van der Waals surface area contributed by atoms with Crippen molar-refractivity contribution >= 4 is 35.8 Å². The third kappa shape index (κ3) is 14.9. The molecule has 348 valence electrons. The Bertz CT molecular complexity index is 1810. The zero-order valence-electron chi connectivity index (χ0n) is 37.0. The van der Waals surface area contributed by atoms with Crippen LogP contribution in [0.1, 0.15) is 81.5 Å². The van der Waals surface area contributed by atoms with Crippen LogP contribution >= 0.6 is 0 Å². The first-order valence-corrected chi connectivity index (χ1v) is 20.8. The topological polar surface area (TPSA) is 245 Å². The van der Waals surface area contributed by atoms with Crippen molar-refractivity contribution in [1.82, 2.24) is 9.80 Å². The summed E-state index contributed by atoms with van der Waals surface area (Å²) < 4.78 is 32.9. The molecule has 1 fully saturated rings. The lowest BCUT2D eigenvalue weighted by atomic mass is 9.84. The number of aliphatic hydroxyl groups excluding tert-OH is 3. The van der Waals surface area contributed by atoms with Crippen molar-refractivity contribution in [2.24, 2.45) is 11.8 Å². The highest BCUT2D eigenvalue weighted by molar-refractivity contribution is 5.94. The number of esters is 6. The Balaban J connectivity index is 1.91. The van der Waals surface area contributed by atoms with Crippen LogP contribution < -0.4 is 9.47 Å². The lowest BCUT2D eigenvalue weighted by Crippen LogP contribution is -2.58. The Hall–Kier alpha value is -5.24. The maximum absolute atomic E-state index is 13.9. The van der Waals surface area contributed by atoms with Crippen molar-refractivity contribution in [3.63, 3.8) is 0 Å². The normalized spacial score (nSPS) is 26.3. The molecule has 0 saturated carbocycles. The molecule has 0 amide bonds. The molecule has 0 bridgehead atoms. The lowest BCUT2D eigenvalue weighted by molar-refractivity contribution is -0.194. The van der Waals surface area contributed by atoms with Gasteiger partial charge in [-0.1, -0.05) is 37.3 Å². The molecule has 18 nitrogen and oxygen atoms in total. The highest BCUT2D eigenvalue weighted by Crippen LogP contribution is 2.31. The van der Waals surface area contributed by atoms with Gasteiger partial charge in [-0.3, -0.25) is 24.1 Å². The lowest BCUT2D eigenvalue weighted by Gasteiger charge is -2.41. The van der Waals surface area contributed by atoms with E-state index in [9.17, 15) is 49.2 Å². The number of para-hydroxylation sites is 2. The molecule has 2 aromatic rings. The first-order valence-electron chi connectivity index (χ1n) is 20.8. The molecule has 0 unspecified atom stereocenters. The van der Waals surface area contributed by atoms with E-state index in [4.69, 9.17) is 28.4 Å². The Morgan fingerprint density at radius 1 is 0.905 bits per heavy atom. The molecule has 2 aromatic carbocycles. The zero-order chi connectivity index (χ0) is 47.0. The fourth-order valence-corrected chi connectivity index (χ4v) is 7.17. The minimum Gasteiger partial charge on any atom is -0.461 e. The van der Waals surface area contributed by atoms with Gasteiger partial charge in [0.1, 0.15) is 59.8 Å². The second kappa shape index (κ2) is 24.6. The molecular weight excluding hydrogens is 824 g/mol. The van der Waals surface area contributed by atoms with Crippen LogP contribution in [-0.2, 0) is 38.1 Å². The van der Waals surface area contributed by atoms with E-state index >= 15 is 0 Å². The smallest absolute Gasteiger partial charge is 0.341 e. The molecule has 1 aliphatic rings. The van der Waals surface area contributed by atoms with Crippen LogP contribution in [0.2, 0.25) is 0 Å². The third-order valence-corrected chi connectivity index (χ3v) is 11.0. The van der Waals surface area contributed by atoms with E-state index in [1.165, 1.54) is 62.9 Å². The van der Waals surface area contributed by atoms with Gasteiger partial charge in [-0.05, 0) is 77.9 Å². The Kier molecular flexibility index (Phi) is 20.3. The van der Waals surface area contributed by atoms with Crippen molar-refractivity contribution in [2.45, 2.75) is 103 Å². The summed E-state index contributed by atoms with van der Waals surface area (Å²) in [5.74, 6) is -7.48. The van der Waals surface area contributed by atoms with Gasteiger partial charge in [0.2, 0.25) is 0 Å². The summed E-state index contributed by atoms with van der Waals surface area (Å²) in [6.07, 6.45) is -5.20. The van der Waals surface area contributed by atoms with Crippen molar-refractivity contribution in [2.75, 3.05) is 46.4 Å². The second-order valence-electron chi connectivity index (χ2n) is 15.7. The largest absolute Gasteiger partial charge is 0.461 e. The minimum atomic E-state index is -1.92. The quantitative estimate of drug-likeness (QED) is 0.0869. The molecule has 0 radical (unpaired) electrons. The van der Waals surface area contributed by atoms with E-state index in [1.807, 2.05) is 0 Å². The SMILES string of the molecule is C=C[C@@H]1[C@@H](O)[C@H](O)CCCN(C)[C@H](C)[C@@H](O)[C@](C)(O)[C@@H](CC)OC(=O)[C@H](C)[C@H]1OC(=O)CN(CCOC(=O)c1ccccc1OC(C)=O)CCOC(=O)c1ccccc1OC(C)=O. The molecule has 4 N–H and O–H groups in total. The summed E-state index contributed by atoms with van der Waals surface area (Å²) in [6.45, 7) is 11.1. The summed E-state index contributed by atoms with van der Waals surface area (Å²) in [7, 11) is 1.73. The number of likely N-dealkylation sites (N-methyl/N-ethyl adjacent to an activating group) is 1. The van der Waals surface area contributed by atoms with E-state index < -0.39 is 96.4 Å². The number of benzene rings is 2. The monoisotopic (exact) mass is 886 g/mol. The summed E-state index contributed by atoms with van der Waals surface area (Å²) in [5.41, 5.74) is -1.99. The minimum absolute atomic E-state index is 0.0289. The number of cyclic esters (lactones) is 1. The molecule has 1 saturated heterocycles. The molecular formula is C45H62N2O16. The first-order chi connectivity index (χ1) is 29.7. The molecule has 0 aromatic heterocycles. The fourth-order valence-electron chi connectivity index (χ4n) is 7.17. The molecule has 18 heteroatoms. The number of carbonyl (C=O) groups excluding carboxylic acids is 6.